The molecule has 0 saturated carbocycles. The lowest BCUT2D eigenvalue weighted by Crippen LogP contribution is -2.22. The Morgan fingerprint density at radius 3 is 2.33 bits per heavy atom. The van der Waals surface area contributed by atoms with E-state index in [1.165, 1.54) is 25.8 Å². The van der Waals surface area contributed by atoms with Gasteiger partial charge in [0.15, 0.2) is 0 Å². The quantitative estimate of drug-likeness (QED) is 0.563. The standard InChI is InChI=1S/C12H28N2O/c1-12(2)15-11-6-5-8-13-9-7-10-14(3)4/h12-13H,5-11H2,1-4H3. The number of nitrogens with one attached hydrogen (secondary N) is 1. The van der Waals surface area contributed by atoms with Crippen LogP contribution in [-0.4, -0.2) is 51.3 Å². The van der Waals surface area contributed by atoms with Crippen molar-refractivity contribution in [3.63, 3.8) is 0 Å². The zero-order chi connectivity index (χ0) is 11.5. The van der Waals surface area contributed by atoms with E-state index in [1.807, 2.05) is 0 Å². The molecule has 0 saturated heterocycles. The summed E-state index contributed by atoms with van der Waals surface area (Å²) >= 11 is 0. The average Bonchev–Trinajstić information content (AvgIpc) is 2.14. The molecule has 92 valence electrons. The predicted octanol–water partition coefficient (Wildman–Crippen LogP) is 1.73. The third kappa shape index (κ3) is 13.9. The maximum Gasteiger partial charge on any atom is 0.0518 e. The molecule has 0 atom stereocenters. The SMILES string of the molecule is CC(C)OCCCCNCCCN(C)C. The molecule has 0 rings (SSSR count). The third-order valence-corrected chi connectivity index (χ3v) is 2.16. The third-order valence-electron chi connectivity index (χ3n) is 2.16. The van der Waals surface area contributed by atoms with Crippen molar-refractivity contribution in [2.75, 3.05) is 40.3 Å². The van der Waals surface area contributed by atoms with Crippen LogP contribution in [0.25, 0.3) is 0 Å². The van der Waals surface area contributed by atoms with Gasteiger partial charge in [0.25, 0.3) is 0 Å². The van der Waals surface area contributed by atoms with Crippen LogP contribution >= 0.6 is 0 Å². The molecular weight excluding hydrogens is 188 g/mol. The number of rotatable bonds is 10. The molecule has 15 heavy (non-hydrogen) atoms. The number of ether oxygens (including phenoxy) is 1. The van der Waals surface area contributed by atoms with Crippen molar-refractivity contribution in [2.45, 2.75) is 39.2 Å². The van der Waals surface area contributed by atoms with E-state index >= 15 is 0 Å². The van der Waals surface area contributed by atoms with Gasteiger partial charge in [-0.3, -0.25) is 0 Å². The predicted molar refractivity (Wildman–Crippen MR) is 66.4 cm³/mol. The Balaban J connectivity index is 2.93. The highest BCUT2D eigenvalue weighted by molar-refractivity contribution is 4.51. The van der Waals surface area contributed by atoms with Crippen molar-refractivity contribution >= 4 is 0 Å². The maximum absolute atomic E-state index is 5.47. The molecule has 0 amide bonds. The molecule has 0 bridgehead atoms. The number of unbranched alkanes of at least 4 members (excludes halogenated alkanes) is 1. The van der Waals surface area contributed by atoms with Crippen LogP contribution in [0.3, 0.4) is 0 Å². The van der Waals surface area contributed by atoms with Crippen LogP contribution < -0.4 is 5.32 Å². The summed E-state index contributed by atoms with van der Waals surface area (Å²) < 4.78 is 5.47. The van der Waals surface area contributed by atoms with Gasteiger partial charge in [-0.05, 0) is 66.8 Å². The van der Waals surface area contributed by atoms with Crippen LogP contribution in [0.1, 0.15) is 33.1 Å². The largest absolute Gasteiger partial charge is 0.379 e. The summed E-state index contributed by atoms with van der Waals surface area (Å²) in [5.41, 5.74) is 0. The molecule has 1 N–H and O–H groups in total. The molecular formula is C12H28N2O. The second-order valence-electron chi connectivity index (χ2n) is 4.53. The molecule has 0 spiro atoms. The maximum atomic E-state index is 5.47. The average molecular weight is 216 g/mol. The van der Waals surface area contributed by atoms with Crippen molar-refractivity contribution in [1.82, 2.24) is 10.2 Å². The first kappa shape index (κ1) is 14.9. The van der Waals surface area contributed by atoms with Crippen LogP contribution in [0, 0.1) is 0 Å². The first-order valence-corrected chi connectivity index (χ1v) is 6.10. The van der Waals surface area contributed by atoms with Gasteiger partial charge in [-0.25, -0.2) is 0 Å². The zero-order valence-electron chi connectivity index (χ0n) is 10.9. The molecule has 0 aromatic heterocycles. The molecule has 0 aliphatic rings. The molecule has 0 aromatic carbocycles. The van der Waals surface area contributed by atoms with Gasteiger partial charge in [-0.15, -0.1) is 0 Å². The minimum Gasteiger partial charge on any atom is -0.379 e. The van der Waals surface area contributed by atoms with E-state index in [2.05, 4.69) is 38.2 Å². The van der Waals surface area contributed by atoms with Gasteiger partial charge in [0.05, 0.1) is 6.10 Å². The molecule has 3 nitrogen and oxygen atoms in total. The summed E-state index contributed by atoms with van der Waals surface area (Å²) in [4.78, 5) is 2.22. The Bertz CT molecular complexity index is 113. The fraction of sp³-hybridized carbons (Fsp3) is 1.00. The molecule has 0 heterocycles. The van der Waals surface area contributed by atoms with Gasteiger partial charge in [0, 0.05) is 6.61 Å². The second kappa shape index (κ2) is 10.4. The van der Waals surface area contributed by atoms with Gasteiger partial charge in [0.1, 0.15) is 0 Å². The van der Waals surface area contributed by atoms with E-state index in [9.17, 15) is 0 Å². The Morgan fingerprint density at radius 1 is 1.07 bits per heavy atom. The minimum atomic E-state index is 0.373. The normalized spacial score (nSPS) is 11.6. The lowest BCUT2D eigenvalue weighted by atomic mass is 10.3. The van der Waals surface area contributed by atoms with Crippen LogP contribution in [0.2, 0.25) is 0 Å². The summed E-state index contributed by atoms with van der Waals surface area (Å²) in [7, 11) is 4.23. The summed E-state index contributed by atoms with van der Waals surface area (Å²) in [6, 6.07) is 0. The molecule has 0 fully saturated rings. The summed E-state index contributed by atoms with van der Waals surface area (Å²) in [5.74, 6) is 0. The number of nitrogens with zero attached hydrogens (tertiary/aromatic N) is 1. The molecule has 0 aliphatic heterocycles. The van der Waals surface area contributed by atoms with Crippen LogP contribution in [0.5, 0.6) is 0 Å². The summed E-state index contributed by atoms with van der Waals surface area (Å²) in [6.07, 6.45) is 3.99. The van der Waals surface area contributed by atoms with Crippen LogP contribution in [0.4, 0.5) is 0 Å². The molecule has 0 radical (unpaired) electrons. The fourth-order valence-corrected chi connectivity index (χ4v) is 1.32. The van der Waals surface area contributed by atoms with Gasteiger partial charge >= 0.3 is 0 Å². The van der Waals surface area contributed by atoms with Crippen LogP contribution in [-0.2, 0) is 4.74 Å². The fourth-order valence-electron chi connectivity index (χ4n) is 1.32. The molecule has 0 aliphatic carbocycles. The summed E-state index contributed by atoms with van der Waals surface area (Å²) in [5, 5.41) is 3.45. The highest BCUT2D eigenvalue weighted by Gasteiger charge is 1.94. The van der Waals surface area contributed by atoms with Gasteiger partial charge in [0.2, 0.25) is 0 Å². The smallest absolute Gasteiger partial charge is 0.0518 e. The van der Waals surface area contributed by atoms with E-state index in [0.29, 0.717) is 6.10 Å². The molecule has 0 aromatic rings. The number of hydrogen-bond acceptors (Lipinski definition) is 3. The van der Waals surface area contributed by atoms with E-state index in [0.717, 1.165) is 19.7 Å². The monoisotopic (exact) mass is 216 g/mol. The highest BCUT2D eigenvalue weighted by atomic mass is 16.5. The van der Waals surface area contributed by atoms with Gasteiger partial charge in [-0.1, -0.05) is 0 Å². The topological polar surface area (TPSA) is 24.5 Å². The lowest BCUT2D eigenvalue weighted by Gasteiger charge is -2.10. The first-order valence-electron chi connectivity index (χ1n) is 6.10. The molecule has 0 unspecified atom stereocenters. The highest BCUT2D eigenvalue weighted by Crippen LogP contribution is 1.93. The Kier molecular flexibility index (Phi) is 10.3. The minimum absolute atomic E-state index is 0.373. The van der Waals surface area contributed by atoms with E-state index in [4.69, 9.17) is 4.74 Å². The summed E-state index contributed by atoms with van der Waals surface area (Å²) in [6.45, 7) is 8.48. The van der Waals surface area contributed by atoms with Gasteiger partial charge < -0.3 is 15.0 Å². The Labute approximate surface area is 95.2 Å². The Morgan fingerprint density at radius 2 is 1.73 bits per heavy atom. The Hall–Kier alpha value is -0.120. The van der Waals surface area contributed by atoms with Gasteiger partial charge in [-0.2, -0.15) is 0 Å². The van der Waals surface area contributed by atoms with E-state index in [1.54, 1.807) is 0 Å². The van der Waals surface area contributed by atoms with Crippen molar-refractivity contribution in [3.05, 3.63) is 0 Å². The molecule has 3 heteroatoms. The van der Waals surface area contributed by atoms with Crippen molar-refractivity contribution in [3.8, 4) is 0 Å². The van der Waals surface area contributed by atoms with E-state index < -0.39 is 0 Å². The first-order chi connectivity index (χ1) is 7.13. The van der Waals surface area contributed by atoms with Crippen LogP contribution in [0.15, 0.2) is 0 Å². The zero-order valence-corrected chi connectivity index (χ0v) is 10.9. The van der Waals surface area contributed by atoms with E-state index in [-0.39, 0.29) is 0 Å². The van der Waals surface area contributed by atoms with Crippen molar-refractivity contribution in [2.24, 2.45) is 0 Å². The van der Waals surface area contributed by atoms with Crippen molar-refractivity contribution < 1.29 is 4.74 Å². The second-order valence-corrected chi connectivity index (χ2v) is 4.53. The number of hydrogen-bond donors (Lipinski definition) is 1. The lowest BCUT2D eigenvalue weighted by molar-refractivity contribution is 0.0760. The van der Waals surface area contributed by atoms with Crippen molar-refractivity contribution in [1.29, 1.82) is 0 Å².